The molecule has 6 heteroatoms. The first-order valence-corrected chi connectivity index (χ1v) is 7.17. The fraction of sp³-hybridized carbons (Fsp3) is 0.667. The first-order chi connectivity index (χ1) is 9.70. The maximum atomic E-state index is 12.8. The van der Waals surface area contributed by atoms with Crippen LogP contribution < -0.4 is 10.2 Å². The van der Waals surface area contributed by atoms with Gasteiger partial charge in [-0.25, -0.2) is 0 Å². The Balaban J connectivity index is 2.92. The minimum atomic E-state index is -4.23. The van der Waals surface area contributed by atoms with Crippen LogP contribution in [0.15, 0.2) is 18.5 Å². The maximum Gasteiger partial charge on any atom is 0.405 e. The van der Waals surface area contributed by atoms with Crippen LogP contribution in [0.1, 0.15) is 33.3 Å². The predicted molar refractivity (Wildman–Crippen MR) is 79.3 cm³/mol. The second-order valence-corrected chi connectivity index (χ2v) is 5.87. The molecule has 0 unspecified atom stereocenters. The lowest BCUT2D eigenvalue weighted by Gasteiger charge is -2.31. The Morgan fingerprint density at radius 1 is 1.24 bits per heavy atom. The summed E-state index contributed by atoms with van der Waals surface area (Å²) in [6, 6.07) is 1.52. The average Bonchev–Trinajstić information content (AvgIpc) is 2.35. The molecule has 1 aromatic rings. The number of anilines is 1. The van der Waals surface area contributed by atoms with Gasteiger partial charge in [-0.15, -0.1) is 0 Å². The number of hydrogen-bond acceptors (Lipinski definition) is 3. The number of nitrogens with zero attached hydrogens (tertiary/aromatic N) is 2. The van der Waals surface area contributed by atoms with Gasteiger partial charge in [0, 0.05) is 18.8 Å². The normalized spacial score (nSPS) is 12.2. The molecule has 3 nitrogen and oxygen atoms in total. The molecule has 0 amide bonds. The summed E-state index contributed by atoms with van der Waals surface area (Å²) in [6.45, 7) is 8.08. The van der Waals surface area contributed by atoms with Crippen LogP contribution in [0, 0.1) is 5.92 Å². The van der Waals surface area contributed by atoms with E-state index < -0.39 is 12.7 Å². The summed E-state index contributed by atoms with van der Waals surface area (Å²) in [5.74, 6) is 0.492. The highest BCUT2D eigenvalue weighted by Crippen LogP contribution is 2.26. The van der Waals surface area contributed by atoms with E-state index in [1.54, 1.807) is 26.1 Å². The van der Waals surface area contributed by atoms with E-state index in [2.05, 4.69) is 24.1 Å². The molecule has 0 bridgehead atoms. The van der Waals surface area contributed by atoms with Crippen LogP contribution in [0.5, 0.6) is 0 Å². The van der Waals surface area contributed by atoms with Crippen LogP contribution >= 0.6 is 0 Å². The monoisotopic (exact) mass is 303 g/mol. The zero-order valence-corrected chi connectivity index (χ0v) is 13.0. The molecule has 0 saturated carbocycles. The number of hydrogen-bond donors (Lipinski definition) is 1. The highest BCUT2D eigenvalue weighted by molar-refractivity contribution is 5.52. The number of pyridine rings is 1. The third-order valence-corrected chi connectivity index (χ3v) is 3.04. The number of halogens is 3. The standard InChI is InChI=1S/C15H24F3N3/c1-11(2)7-20-8-13-5-6-19-9-14(13)21(12(3)4)10-15(16,17)18/h5-6,9,11-12,20H,7-8,10H2,1-4H3. The van der Waals surface area contributed by atoms with Crippen molar-refractivity contribution in [3.05, 3.63) is 24.0 Å². The van der Waals surface area contributed by atoms with Gasteiger partial charge in [-0.3, -0.25) is 4.98 Å². The van der Waals surface area contributed by atoms with E-state index in [0.717, 1.165) is 12.1 Å². The van der Waals surface area contributed by atoms with Gasteiger partial charge in [0.25, 0.3) is 0 Å². The summed E-state index contributed by atoms with van der Waals surface area (Å²) in [5.41, 5.74) is 1.38. The van der Waals surface area contributed by atoms with Crippen molar-refractivity contribution in [3.8, 4) is 0 Å². The minimum absolute atomic E-state index is 0.250. The number of alkyl halides is 3. The zero-order chi connectivity index (χ0) is 16.0. The first kappa shape index (κ1) is 17.8. The maximum absolute atomic E-state index is 12.8. The molecule has 1 aromatic heterocycles. The van der Waals surface area contributed by atoms with Crippen molar-refractivity contribution < 1.29 is 13.2 Å². The second-order valence-electron chi connectivity index (χ2n) is 5.87. The lowest BCUT2D eigenvalue weighted by molar-refractivity contribution is -0.120. The zero-order valence-electron chi connectivity index (χ0n) is 13.0. The Bertz CT molecular complexity index is 430. The van der Waals surface area contributed by atoms with Crippen molar-refractivity contribution in [1.82, 2.24) is 10.3 Å². The molecule has 0 atom stereocenters. The van der Waals surface area contributed by atoms with Gasteiger partial charge in [0.05, 0.1) is 11.9 Å². The van der Waals surface area contributed by atoms with Crippen molar-refractivity contribution >= 4 is 5.69 Å². The second kappa shape index (κ2) is 7.64. The lowest BCUT2D eigenvalue weighted by atomic mass is 10.1. The Labute approximate surface area is 124 Å². The molecule has 1 rings (SSSR count). The predicted octanol–water partition coefficient (Wildman–Crippen LogP) is 3.60. The van der Waals surface area contributed by atoms with E-state index in [9.17, 15) is 13.2 Å². The largest absolute Gasteiger partial charge is 0.405 e. The molecule has 0 aliphatic rings. The topological polar surface area (TPSA) is 28.2 Å². The van der Waals surface area contributed by atoms with Crippen molar-refractivity contribution in [2.45, 2.75) is 46.5 Å². The van der Waals surface area contributed by atoms with Gasteiger partial charge in [0.2, 0.25) is 0 Å². The van der Waals surface area contributed by atoms with E-state index >= 15 is 0 Å². The Morgan fingerprint density at radius 3 is 2.43 bits per heavy atom. The van der Waals surface area contributed by atoms with Gasteiger partial charge in [-0.2, -0.15) is 13.2 Å². The van der Waals surface area contributed by atoms with Crippen LogP contribution in [0.25, 0.3) is 0 Å². The molecule has 1 N–H and O–H groups in total. The van der Waals surface area contributed by atoms with Crippen molar-refractivity contribution in [2.75, 3.05) is 18.0 Å². The van der Waals surface area contributed by atoms with Gasteiger partial charge in [0.15, 0.2) is 0 Å². The third kappa shape index (κ3) is 6.33. The van der Waals surface area contributed by atoms with Gasteiger partial charge in [-0.1, -0.05) is 13.8 Å². The molecular formula is C15H24F3N3. The van der Waals surface area contributed by atoms with Gasteiger partial charge < -0.3 is 10.2 Å². The number of nitrogens with one attached hydrogen (secondary N) is 1. The van der Waals surface area contributed by atoms with E-state index in [1.165, 1.54) is 11.1 Å². The smallest absolute Gasteiger partial charge is 0.359 e. The highest BCUT2D eigenvalue weighted by atomic mass is 19.4. The lowest BCUT2D eigenvalue weighted by Crippen LogP contribution is -2.40. The number of rotatable bonds is 7. The molecule has 1 heterocycles. The van der Waals surface area contributed by atoms with Crippen molar-refractivity contribution in [1.29, 1.82) is 0 Å². The third-order valence-electron chi connectivity index (χ3n) is 3.04. The van der Waals surface area contributed by atoms with Crippen LogP contribution in [-0.4, -0.2) is 30.3 Å². The summed E-state index contributed by atoms with van der Waals surface area (Å²) in [5, 5.41) is 3.26. The van der Waals surface area contributed by atoms with Crippen molar-refractivity contribution in [3.63, 3.8) is 0 Å². The molecule has 0 spiro atoms. The quantitative estimate of drug-likeness (QED) is 0.834. The number of aromatic nitrogens is 1. The molecule has 0 aliphatic heterocycles. The molecule has 21 heavy (non-hydrogen) atoms. The Morgan fingerprint density at radius 2 is 1.90 bits per heavy atom. The van der Waals surface area contributed by atoms with E-state index in [1.807, 2.05) is 0 Å². The van der Waals surface area contributed by atoms with Gasteiger partial charge in [-0.05, 0) is 37.9 Å². The van der Waals surface area contributed by atoms with Crippen LogP contribution in [-0.2, 0) is 6.54 Å². The summed E-state index contributed by atoms with van der Waals surface area (Å²) >= 11 is 0. The van der Waals surface area contributed by atoms with Gasteiger partial charge >= 0.3 is 6.18 Å². The minimum Gasteiger partial charge on any atom is -0.359 e. The van der Waals surface area contributed by atoms with Gasteiger partial charge in [0.1, 0.15) is 6.54 Å². The molecular weight excluding hydrogens is 279 g/mol. The van der Waals surface area contributed by atoms with Crippen molar-refractivity contribution in [2.24, 2.45) is 5.92 Å². The van der Waals surface area contributed by atoms with E-state index in [4.69, 9.17) is 0 Å². The Kier molecular flexibility index (Phi) is 6.45. The molecule has 120 valence electrons. The molecule has 0 aliphatic carbocycles. The van der Waals surface area contributed by atoms with E-state index in [-0.39, 0.29) is 6.04 Å². The van der Waals surface area contributed by atoms with E-state index in [0.29, 0.717) is 18.2 Å². The summed E-state index contributed by atoms with van der Waals surface area (Å²) < 4.78 is 38.3. The summed E-state index contributed by atoms with van der Waals surface area (Å²) in [6.07, 6.45) is -1.11. The highest BCUT2D eigenvalue weighted by Gasteiger charge is 2.32. The fourth-order valence-corrected chi connectivity index (χ4v) is 2.06. The van der Waals surface area contributed by atoms with Crippen LogP contribution in [0.4, 0.5) is 18.9 Å². The molecule has 0 aromatic carbocycles. The molecule has 0 radical (unpaired) electrons. The Hall–Kier alpha value is -1.30. The SMILES string of the molecule is CC(C)CNCc1ccncc1N(CC(F)(F)F)C(C)C. The molecule has 0 saturated heterocycles. The fourth-order valence-electron chi connectivity index (χ4n) is 2.06. The molecule has 0 fully saturated rings. The van der Waals surface area contributed by atoms with Crippen LogP contribution in [0.3, 0.4) is 0 Å². The summed E-state index contributed by atoms with van der Waals surface area (Å²) in [7, 11) is 0. The summed E-state index contributed by atoms with van der Waals surface area (Å²) in [4.78, 5) is 5.33. The van der Waals surface area contributed by atoms with Crippen LogP contribution in [0.2, 0.25) is 0 Å². The first-order valence-electron chi connectivity index (χ1n) is 7.17. The average molecular weight is 303 g/mol.